The van der Waals surface area contributed by atoms with Crippen molar-refractivity contribution >= 4 is 28.7 Å². The van der Waals surface area contributed by atoms with E-state index < -0.39 is 0 Å². The second-order valence-electron chi connectivity index (χ2n) is 7.30. The Balaban J connectivity index is 1.29. The van der Waals surface area contributed by atoms with Gasteiger partial charge in [0.1, 0.15) is 5.52 Å². The Kier molecular flexibility index (Phi) is 4.81. The summed E-state index contributed by atoms with van der Waals surface area (Å²) >= 11 is 0. The van der Waals surface area contributed by atoms with Gasteiger partial charge in [-0.3, -0.25) is 9.36 Å². The Morgan fingerprint density at radius 3 is 2.74 bits per heavy atom. The third-order valence-corrected chi connectivity index (χ3v) is 5.49. The zero-order valence-electron chi connectivity index (χ0n) is 17.1. The summed E-state index contributed by atoms with van der Waals surface area (Å²) in [5.74, 6) is 1.69. The normalized spacial score (nSPS) is 15.4. The molecule has 5 rings (SSSR count). The third-order valence-electron chi connectivity index (χ3n) is 5.49. The topological polar surface area (TPSA) is 102 Å². The number of ether oxygens (including phenoxy) is 2. The first-order valence-electron chi connectivity index (χ1n) is 10.2. The number of carbonyl (C=O) groups is 1. The molecule has 2 aliphatic rings. The Morgan fingerprint density at radius 2 is 1.94 bits per heavy atom. The van der Waals surface area contributed by atoms with Gasteiger partial charge in [0.05, 0.1) is 0 Å². The quantitative estimate of drug-likeness (QED) is 0.688. The number of hydrogen-bond acceptors (Lipinski definition) is 7. The molecule has 3 aromatic rings. The molecular formula is C21H22N6O4. The molecule has 10 nitrogen and oxygen atoms in total. The molecule has 2 aliphatic heterocycles. The van der Waals surface area contributed by atoms with Crippen molar-refractivity contribution in [3.63, 3.8) is 0 Å². The molecule has 2 amide bonds. The number of aryl methyl sites for hydroxylation is 1. The van der Waals surface area contributed by atoms with Crippen LogP contribution in [0.2, 0.25) is 0 Å². The summed E-state index contributed by atoms with van der Waals surface area (Å²) in [6, 6.07) is 8.77. The first-order chi connectivity index (χ1) is 15.1. The fourth-order valence-electron chi connectivity index (χ4n) is 3.86. The minimum absolute atomic E-state index is 0.160. The van der Waals surface area contributed by atoms with Crippen molar-refractivity contribution < 1.29 is 14.3 Å². The lowest BCUT2D eigenvalue weighted by atomic mass is 10.2. The number of nitrogens with zero attached hydrogens (tertiary/aromatic N) is 5. The minimum Gasteiger partial charge on any atom is -0.454 e. The van der Waals surface area contributed by atoms with Crippen LogP contribution in [-0.4, -0.2) is 58.4 Å². The van der Waals surface area contributed by atoms with Gasteiger partial charge in [0.2, 0.25) is 6.79 Å². The summed E-state index contributed by atoms with van der Waals surface area (Å²) < 4.78 is 12.3. The van der Waals surface area contributed by atoms with Gasteiger partial charge in [-0.05, 0) is 31.2 Å². The molecule has 1 aromatic carbocycles. The maximum Gasteiger partial charge on any atom is 0.321 e. The van der Waals surface area contributed by atoms with Gasteiger partial charge in [-0.2, -0.15) is 0 Å². The van der Waals surface area contributed by atoms with E-state index in [9.17, 15) is 9.59 Å². The molecule has 0 atom stereocenters. The third kappa shape index (κ3) is 3.49. The lowest BCUT2D eigenvalue weighted by molar-refractivity contribution is 0.174. The Bertz CT molecular complexity index is 1200. The predicted molar refractivity (Wildman–Crippen MR) is 115 cm³/mol. The van der Waals surface area contributed by atoms with Crippen LogP contribution in [0.5, 0.6) is 11.5 Å². The highest BCUT2D eigenvalue weighted by molar-refractivity contribution is 5.90. The lowest BCUT2D eigenvalue weighted by Crippen LogP contribution is -2.51. The molecule has 0 unspecified atom stereocenters. The zero-order chi connectivity index (χ0) is 21.4. The van der Waals surface area contributed by atoms with E-state index in [0.29, 0.717) is 66.9 Å². The zero-order valence-corrected chi connectivity index (χ0v) is 17.1. The molecule has 0 bridgehead atoms. The van der Waals surface area contributed by atoms with Crippen molar-refractivity contribution in [3.05, 3.63) is 46.9 Å². The second kappa shape index (κ2) is 7.78. The molecule has 1 saturated heterocycles. The maximum atomic E-state index is 13.0. The largest absolute Gasteiger partial charge is 0.454 e. The first-order valence-corrected chi connectivity index (χ1v) is 10.2. The summed E-state index contributed by atoms with van der Waals surface area (Å²) in [7, 11) is 0. The standard InChI is InChI=1S/C21H22N6O4/c1-2-27-18-15(4-3-7-22-18)24-19(20(27)28)25-8-10-26(11-9-25)21(29)23-14-5-6-16-17(12-14)31-13-30-16/h3-7,12H,2,8-11,13H2,1H3,(H,23,29). The minimum atomic E-state index is -0.194. The van der Waals surface area contributed by atoms with Crippen molar-refractivity contribution in [2.24, 2.45) is 0 Å². The van der Waals surface area contributed by atoms with Crippen LogP contribution in [0.15, 0.2) is 41.3 Å². The maximum absolute atomic E-state index is 13.0. The van der Waals surface area contributed by atoms with Crippen LogP contribution in [0.3, 0.4) is 0 Å². The number of fused-ring (bicyclic) bond motifs is 2. The molecule has 160 valence electrons. The van der Waals surface area contributed by atoms with E-state index in [1.165, 1.54) is 0 Å². The monoisotopic (exact) mass is 422 g/mol. The summed E-state index contributed by atoms with van der Waals surface area (Å²) in [4.78, 5) is 38.2. The molecular weight excluding hydrogens is 400 g/mol. The van der Waals surface area contributed by atoms with E-state index in [2.05, 4.69) is 15.3 Å². The van der Waals surface area contributed by atoms with E-state index in [1.807, 2.05) is 24.0 Å². The van der Waals surface area contributed by atoms with E-state index in [0.717, 1.165) is 0 Å². The Labute approximate surface area is 178 Å². The fourth-order valence-corrected chi connectivity index (χ4v) is 3.86. The van der Waals surface area contributed by atoms with Crippen LogP contribution in [0.4, 0.5) is 16.3 Å². The summed E-state index contributed by atoms with van der Waals surface area (Å²) in [6.07, 6.45) is 1.66. The smallest absolute Gasteiger partial charge is 0.321 e. The number of pyridine rings is 1. The van der Waals surface area contributed by atoms with Gasteiger partial charge >= 0.3 is 6.03 Å². The highest BCUT2D eigenvalue weighted by Crippen LogP contribution is 2.34. The number of amides is 2. The van der Waals surface area contributed by atoms with Crippen LogP contribution >= 0.6 is 0 Å². The van der Waals surface area contributed by atoms with Crippen molar-refractivity contribution in [1.29, 1.82) is 0 Å². The Hall–Kier alpha value is -3.82. The van der Waals surface area contributed by atoms with Crippen LogP contribution in [0, 0.1) is 0 Å². The highest BCUT2D eigenvalue weighted by atomic mass is 16.7. The van der Waals surface area contributed by atoms with Gasteiger partial charge in [-0.25, -0.2) is 14.8 Å². The molecule has 0 spiro atoms. The van der Waals surface area contributed by atoms with Gasteiger partial charge in [-0.15, -0.1) is 0 Å². The first kappa shape index (κ1) is 19.2. The van der Waals surface area contributed by atoms with Gasteiger partial charge in [0.15, 0.2) is 23.0 Å². The lowest BCUT2D eigenvalue weighted by Gasteiger charge is -2.35. The average Bonchev–Trinajstić information content (AvgIpc) is 3.27. The van der Waals surface area contributed by atoms with Gasteiger partial charge in [0.25, 0.3) is 5.56 Å². The molecule has 0 saturated carbocycles. The fraction of sp³-hybridized carbons (Fsp3) is 0.333. The van der Waals surface area contributed by atoms with Gasteiger partial charge in [-0.1, -0.05) is 0 Å². The van der Waals surface area contributed by atoms with Crippen molar-refractivity contribution in [2.45, 2.75) is 13.5 Å². The molecule has 4 heterocycles. The van der Waals surface area contributed by atoms with Crippen LogP contribution in [0.25, 0.3) is 11.2 Å². The second-order valence-corrected chi connectivity index (χ2v) is 7.30. The van der Waals surface area contributed by atoms with Crippen LogP contribution in [0.1, 0.15) is 6.92 Å². The summed E-state index contributed by atoms with van der Waals surface area (Å²) in [5, 5.41) is 2.89. The number of hydrogen-bond donors (Lipinski definition) is 1. The molecule has 1 N–H and O–H groups in total. The number of aromatic nitrogens is 3. The van der Waals surface area contributed by atoms with Gasteiger partial charge in [0, 0.05) is 50.7 Å². The van der Waals surface area contributed by atoms with E-state index in [1.54, 1.807) is 33.9 Å². The van der Waals surface area contributed by atoms with Crippen molar-refractivity contribution in [3.8, 4) is 11.5 Å². The van der Waals surface area contributed by atoms with Gasteiger partial charge < -0.3 is 24.6 Å². The molecule has 0 radical (unpaired) electrons. The number of benzene rings is 1. The van der Waals surface area contributed by atoms with Crippen LogP contribution < -0.4 is 25.2 Å². The molecule has 0 aliphatic carbocycles. The number of carbonyl (C=O) groups excluding carboxylic acids is 1. The van der Waals surface area contributed by atoms with Crippen LogP contribution in [-0.2, 0) is 6.54 Å². The van der Waals surface area contributed by atoms with E-state index in [-0.39, 0.29) is 18.4 Å². The number of urea groups is 1. The molecule has 10 heteroatoms. The Morgan fingerprint density at radius 1 is 1.13 bits per heavy atom. The SMILES string of the molecule is CCn1c(=O)c(N2CCN(C(=O)Nc3ccc4c(c3)OCO4)CC2)nc2cccnc21. The van der Waals surface area contributed by atoms with E-state index >= 15 is 0 Å². The average molecular weight is 422 g/mol. The molecule has 1 fully saturated rings. The number of rotatable bonds is 3. The number of anilines is 2. The number of nitrogens with one attached hydrogen (secondary N) is 1. The predicted octanol–water partition coefficient (Wildman–Crippen LogP) is 1.89. The highest BCUT2D eigenvalue weighted by Gasteiger charge is 2.25. The summed E-state index contributed by atoms with van der Waals surface area (Å²) in [6.45, 7) is 4.62. The van der Waals surface area contributed by atoms with E-state index in [4.69, 9.17) is 9.47 Å². The summed E-state index contributed by atoms with van der Waals surface area (Å²) in [5.41, 5.74) is 1.75. The van der Waals surface area contributed by atoms with Crippen molar-refractivity contribution in [2.75, 3.05) is 43.2 Å². The molecule has 2 aromatic heterocycles. The number of piperazine rings is 1. The molecule has 31 heavy (non-hydrogen) atoms. The van der Waals surface area contributed by atoms with Crippen molar-refractivity contribution in [1.82, 2.24) is 19.4 Å².